The number of ether oxygens (including phenoxy) is 2. The highest BCUT2D eigenvalue weighted by Gasteiger charge is 2.08. The summed E-state index contributed by atoms with van der Waals surface area (Å²) in [6, 6.07) is 13.6. The minimum Gasteiger partial charge on any atom is -0.494 e. The van der Waals surface area contributed by atoms with Gasteiger partial charge in [0.25, 0.3) is 0 Å². The fraction of sp³-hybridized carbons (Fsp3) is 0.333. The average Bonchev–Trinajstić information content (AvgIpc) is 2.67. The minimum absolute atomic E-state index is 0.428. The van der Waals surface area contributed by atoms with Crippen LogP contribution in [0.2, 0.25) is 0 Å². The van der Waals surface area contributed by atoms with Crippen molar-refractivity contribution >= 4 is 12.2 Å². The summed E-state index contributed by atoms with van der Waals surface area (Å²) >= 11 is 0. The molecule has 138 valence electrons. The molecule has 0 saturated heterocycles. The summed E-state index contributed by atoms with van der Waals surface area (Å²) in [5.74, 6) is 0.752. The Kier molecular flexibility index (Phi) is 8.19. The lowest BCUT2D eigenvalue weighted by molar-refractivity contribution is 0.0734. The van der Waals surface area contributed by atoms with Crippen molar-refractivity contribution in [2.24, 2.45) is 5.16 Å². The van der Waals surface area contributed by atoms with Crippen molar-refractivity contribution in [2.45, 2.75) is 39.0 Å². The van der Waals surface area contributed by atoms with E-state index in [2.05, 4.69) is 12.1 Å². The lowest BCUT2D eigenvalue weighted by atomic mass is 10.2. The summed E-state index contributed by atoms with van der Waals surface area (Å²) in [5.41, 5.74) is 1.17. The molecule has 0 saturated carbocycles. The molecule has 0 fully saturated rings. The zero-order chi connectivity index (χ0) is 18.6. The average molecular weight is 355 g/mol. The predicted octanol–water partition coefficient (Wildman–Crippen LogP) is 5.06. The Balaban J connectivity index is 1.80. The smallest absolute Gasteiger partial charge is 0.343 e. The molecule has 5 nitrogen and oxygen atoms in total. The van der Waals surface area contributed by atoms with Crippen LogP contribution in [0.1, 0.15) is 54.9 Å². The Bertz CT molecular complexity index is 693. The van der Waals surface area contributed by atoms with Gasteiger partial charge in [0.05, 0.1) is 18.4 Å². The molecule has 0 heterocycles. The van der Waals surface area contributed by atoms with E-state index in [1.54, 1.807) is 48.5 Å². The SMILES string of the molecule is CCCCCCCOc1ccc(C(=O)Oc2ccc(/C=N/O)cc2)cc1. The van der Waals surface area contributed by atoms with Gasteiger partial charge in [-0.05, 0) is 60.5 Å². The molecule has 26 heavy (non-hydrogen) atoms. The minimum atomic E-state index is -0.431. The van der Waals surface area contributed by atoms with Crippen molar-refractivity contribution in [1.29, 1.82) is 0 Å². The van der Waals surface area contributed by atoms with Crippen LogP contribution in [-0.2, 0) is 0 Å². The maximum absolute atomic E-state index is 12.2. The molecule has 2 rings (SSSR count). The standard InChI is InChI=1S/C21H25NO4/c1-2-3-4-5-6-15-25-19-13-9-18(10-14-19)21(23)26-20-11-7-17(8-12-20)16-22-24/h7-14,16,24H,2-6,15H2,1H3/b22-16+. The molecule has 0 aromatic heterocycles. The highest BCUT2D eigenvalue weighted by Crippen LogP contribution is 2.17. The second-order valence-electron chi connectivity index (χ2n) is 5.99. The molecular formula is C21H25NO4. The van der Waals surface area contributed by atoms with Gasteiger partial charge in [0, 0.05) is 0 Å². The van der Waals surface area contributed by atoms with E-state index >= 15 is 0 Å². The van der Waals surface area contributed by atoms with Crippen molar-refractivity contribution in [3.8, 4) is 11.5 Å². The number of oxime groups is 1. The highest BCUT2D eigenvalue weighted by atomic mass is 16.5. The molecule has 0 aliphatic heterocycles. The topological polar surface area (TPSA) is 68.1 Å². The summed E-state index contributed by atoms with van der Waals surface area (Å²) in [6.07, 6.45) is 7.28. The maximum Gasteiger partial charge on any atom is 0.343 e. The molecule has 2 aromatic rings. The van der Waals surface area contributed by atoms with Crippen LogP contribution < -0.4 is 9.47 Å². The molecule has 2 aromatic carbocycles. The number of esters is 1. The number of nitrogens with zero attached hydrogens (tertiary/aromatic N) is 1. The van der Waals surface area contributed by atoms with Crippen molar-refractivity contribution < 1.29 is 19.5 Å². The zero-order valence-electron chi connectivity index (χ0n) is 15.1. The van der Waals surface area contributed by atoms with E-state index in [0.717, 1.165) is 12.2 Å². The normalized spacial score (nSPS) is 10.8. The van der Waals surface area contributed by atoms with Gasteiger partial charge in [-0.15, -0.1) is 0 Å². The van der Waals surface area contributed by atoms with Gasteiger partial charge in [-0.3, -0.25) is 0 Å². The van der Waals surface area contributed by atoms with Crippen LogP contribution in [0.4, 0.5) is 0 Å². The van der Waals surface area contributed by atoms with Crippen molar-refractivity contribution in [1.82, 2.24) is 0 Å². The zero-order valence-corrected chi connectivity index (χ0v) is 15.1. The monoisotopic (exact) mass is 355 g/mol. The van der Waals surface area contributed by atoms with Gasteiger partial charge in [0.2, 0.25) is 0 Å². The number of carbonyl (C=O) groups is 1. The van der Waals surface area contributed by atoms with Gasteiger partial charge >= 0.3 is 5.97 Å². The number of unbranched alkanes of at least 4 members (excludes halogenated alkanes) is 4. The summed E-state index contributed by atoms with van der Waals surface area (Å²) in [4.78, 5) is 12.2. The van der Waals surface area contributed by atoms with Crippen LogP contribution in [0.25, 0.3) is 0 Å². The Morgan fingerprint density at radius 2 is 1.62 bits per heavy atom. The van der Waals surface area contributed by atoms with Gasteiger partial charge in [0.15, 0.2) is 0 Å². The fourth-order valence-electron chi connectivity index (χ4n) is 2.44. The summed E-state index contributed by atoms with van der Waals surface area (Å²) in [7, 11) is 0. The molecule has 0 aliphatic rings. The summed E-state index contributed by atoms with van der Waals surface area (Å²) in [5, 5.41) is 11.4. The van der Waals surface area contributed by atoms with Gasteiger partial charge < -0.3 is 14.7 Å². The number of carbonyl (C=O) groups excluding carboxylic acids is 1. The third-order valence-corrected chi connectivity index (χ3v) is 3.90. The Labute approximate surface area is 154 Å². The molecule has 0 aliphatic carbocycles. The van der Waals surface area contributed by atoms with Crippen LogP contribution in [0.3, 0.4) is 0 Å². The van der Waals surface area contributed by atoms with E-state index in [-0.39, 0.29) is 0 Å². The first-order valence-corrected chi connectivity index (χ1v) is 8.95. The molecule has 0 atom stereocenters. The molecule has 1 N–H and O–H groups in total. The number of hydrogen-bond donors (Lipinski definition) is 1. The van der Waals surface area contributed by atoms with Crippen molar-refractivity contribution in [3.63, 3.8) is 0 Å². The van der Waals surface area contributed by atoms with Crippen LogP contribution in [0.5, 0.6) is 11.5 Å². The van der Waals surface area contributed by atoms with E-state index in [1.165, 1.54) is 31.9 Å². The summed E-state index contributed by atoms with van der Waals surface area (Å²) in [6.45, 7) is 2.89. The van der Waals surface area contributed by atoms with Gasteiger partial charge in [-0.2, -0.15) is 0 Å². The lowest BCUT2D eigenvalue weighted by Crippen LogP contribution is -2.08. The summed E-state index contributed by atoms with van der Waals surface area (Å²) < 4.78 is 11.0. The Morgan fingerprint density at radius 1 is 0.962 bits per heavy atom. The first-order chi connectivity index (χ1) is 12.7. The molecule has 0 amide bonds. The first kappa shape index (κ1) is 19.5. The predicted molar refractivity (Wildman–Crippen MR) is 101 cm³/mol. The second kappa shape index (κ2) is 10.9. The van der Waals surface area contributed by atoms with E-state index in [0.29, 0.717) is 23.5 Å². The van der Waals surface area contributed by atoms with Crippen molar-refractivity contribution in [3.05, 3.63) is 59.7 Å². The van der Waals surface area contributed by atoms with Gasteiger partial charge in [-0.25, -0.2) is 4.79 Å². The van der Waals surface area contributed by atoms with E-state index < -0.39 is 5.97 Å². The van der Waals surface area contributed by atoms with E-state index in [4.69, 9.17) is 14.7 Å². The third-order valence-electron chi connectivity index (χ3n) is 3.90. The molecular weight excluding hydrogens is 330 g/mol. The Hall–Kier alpha value is -2.82. The second-order valence-corrected chi connectivity index (χ2v) is 5.99. The maximum atomic E-state index is 12.2. The van der Waals surface area contributed by atoms with Crippen LogP contribution in [0, 0.1) is 0 Å². The largest absolute Gasteiger partial charge is 0.494 e. The molecule has 0 bridgehead atoms. The highest BCUT2D eigenvalue weighted by molar-refractivity contribution is 5.91. The van der Waals surface area contributed by atoms with Crippen LogP contribution in [0.15, 0.2) is 53.7 Å². The molecule has 0 spiro atoms. The quantitative estimate of drug-likeness (QED) is 0.161. The van der Waals surface area contributed by atoms with Crippen LogP contribution in [-0.4, -0.2) is 24.0 Å². The van der Waals surface area contributed by atoms with E-state index in [9.17, 15) is 4.79 Å². The molecule has 0 radical (unpaired) electrons. The number of hydrogen-bond acceptors (Lipinski definition) is 5. The molecule has 0 unspecified atom stereocenters. The third kappa shape index (κ3) is 6.59. The van der Waals surface area contributed by atoms with E-state index in [1.807, 2.05) is 0 Å². The van der Waals surface area contributed by atoms with Crippen molar-refractivity contribution in [2.75, 3.05) is 6.61 Å². The Morgan fingerprint density at radius 3 is 2.27 bits per heavy atom. The number of rotatable bonds is 10. The van der Waals surface area contributed by atoms with Crippen LogP contribution >= 0.6 is 0 Å². The lowest BCUT2D eigenvalue weighted by Gasteiger charge is -2.08. The first-order valence-electron chi connectivity index (χ1n) is 8.95. The molecule has 5 heteroatoms. The van der Waals surface area contributed by atoms with Gasteiger partial charge in [-0.1, -0.05) is 37.8 Å². The fourth-order valence-corrected chi connectivity index (χ4v) is 2.44. The van der Waals surface area contributed by atoms with Gasteiger partial charge in [0.1, 0.15) is 11.5 Å². The number of benzene rings is 2.